The van der Waals surface area contributed by atoms with Crippen LogP contribution in [0.15, 0.2) is 24.3 Å². The van der Waals surface area contributed by atoms with Gasteiger partial charge in [-0.25, -0.2) is 4.79 Å². The lowest BCUT2D eigenvalue weighted by Crippen LogP contribution is -2.50. The lowest BCUT2D eigenvalue weighted by molar-refractivity contribution is -0.0499. The van der Waals surface area contributed by atoms with Gasteiger partial charge in [-0.2, -0.15) is 8.78 Å². The molecule has 2 rings (SSSR count). The number of ether oxygens (including phenoxy) is 2. The summed E-state index contributed by atoms with van der Waals surface area (Å²) in [5.41, 5.74) is 0.272. The van der Waals surface area contributed by atoms with Crippen molar-refractivity contribution in [3.63, 3.8) is 0 Å². The smallest absolute Gasteiger partial charge is 0.409 e. The Hall–Kier alpha value is -2.38. The summed E-state index contributed by atoms with van der Waals surface area (Å²) < 4.78 is 34.0. The van der Waals surface area contributed by atoms with Crippen molar-refractivity contribution in [1.82, 2.24) is 9.80 Å². The number of nitrogens with zero attached hydrogens (tertiary/aromatic N) is 2. The second-order valence-corrected chi connectivity index (χ2v) is 6.16. The summed E-state index contributed by atoms with van der Waals surface area (Å²) in [4.78, 5) is 27.5. The van der Waals surface area contributed by atoms with Gasteiger partial charge in [0.05, 0.1) is 6.61 Å². The van der Waals surface area contributed by atoms with Crippen LogP contribution >= 0.6 is 0 Å². The molecular formula is C17H22F2N2O4. The summed E-state index contributed by atoms with van der Waals surface area (Å²) >= 11 is 0. The van der Waals surface area contributed by atoms with Crippen molar-refractivity contribution >= 4 is 12.0 Å². The van der Waals surface area contributed by atoms with Gasteiger partial charge in [-0.1, -0.05) is 19.9 Å². The lowest BCUT2D eigenvalue weighted by Gasteiger charge is -2.34. The minimum atomic E-state index is -2.94. The molecule has 1 aliphatic rings. The Morgan fingerprint density at radius 2 is 1.76 bits per heavy atom. The minimum absolute atomic E-state index is 0.0586. The Kier molecular flexibility index (Phi) is 6.55. The summed E-state index contributed by atoms with van der Waals surface area (Å²) in [5.74, 6) is -0.0822. The third-order valence-corrected chi connectivity index (χ3v) is 3.67. The molecule has 8 heteroatoms. The van der Waals surface area contributed by atoms with Gasteiger partial charge < -0.3 is 19.3 Å². The maximum absolute atomic E-state index is 12.5. The standard InChI is InChI=1S/C17H22F2N2O4/c1-12(2)11-24-17(23)21-8-6-20(7-9-21)15(22)13-4-3-5-14(10-13)25-16(18)19/h3-5,10,12,16H,6-9,11H2,1-2H3. The summed E-state index contributed by atoms with van der Waals surface area (Å²) in [7, 11) is 0. The van der Waals surface area contributed by atoms with E-state index in [1.165, 1.54) is 18.2 Å². The molecule has 6 nitrogen and oxygen atoms in total. The van der Waals surface area contributed by atoms with E-state index in [0.29, 0.717) is 32.8 Å². The maximum atomic E-state index is 12.5. The Morgan fingerprint density at radius 1 is 1.12 bits per heavy atom. The van der Waals surface area contributed by atoms with Crippen molar-refractivity contribution in [3.05, 3.63) is 29.8 Å². The third kappa shape index (κ3) is 5.58. The van der Waals surface area contributed by atoms with Gasteiger partial charge in [0, 0.05) is 31.7 Å². The lowest BCUT2D eigenvalue weighted by atomic mass is 10.1. The number of benzene rings is 1. The molecule has 1 heterocycles. The van der Waals surface area contributed by atoms with Crippen LogP contribution in [-0.2, 0) is 4.74 Å². The number of alkyl halides is 2. The minimum Gasteiger partial charge on any atom is -0.449 e. The second-order valence-electron chi connectivity index (χ2n) is 6.16. The Morgan fingerprint density at radius 3 is 2.36 bits per heavy atom. The van der Waals surface area contributed by atoms with Gasteiger partial charge in [-0.15, -0.1) is 0 Å². The molecule has 1 aromatic rings. The van der Waals surface area contributed by atoms with Crippen molar-refractivity contribution in [2.24, 2.45) is 5.92 Å². The Bertz CT molecular complexity index is 602. The van der Waals surface area contributed by atoms with E-state index in [0.717, 1.165) is 0 Å². The Labute approximate surface area is 145 Å². The van der Waals surface area contributed by atoms with Gasteiger partial charge in [-0.05, 0) is 24.1 Å². The first kappa shape index (κ1) is 19.0. The first-order valence-corrected chi connectivity index (χ1v) is 8.12. The molecule has 25 heavy (non-hydrogen) atoms. The first-order valence-electron chi connectivity index (χ1n) is 8.12. The van der Waals surface area contributed by atoms with E-state index in [2.05, 4.69) is 4.74 Å². The first-order chi connectivity index (χ1) is 11.9. The molecule has 138 valence electrons. The zero-order valence-electron chi connectivity index (χ0n) is 14.3. The quantitative estimate of drug-likeness (QED) is 0.814. The van der Waals surface area contributed by atoms with Gasteiger partial charge in [-0.3, -0.25) is 4.79 Å². The molecule has 0 spiro atoms. The average molecular weight is 356 g/mol. The number of amides is 2. The van der Waals surface area contributed by atoms with Gasteiger partial charge in [0.15, 0.2) is 0 Å². The van der Waals surface area contributed by atoms with Crippen LogP contribution in [0.25, 0.3) is 0 Å². The topological polar surface area (TPSA) is 59.1 Å². The molecule has 1 saturated heterocycles. The highest BCUT2D eigenvalue weighted by Gasteiger charge is 2.26. The largest absolute Gasteiger partial charge is 0.449 e. The van der Waals surface area contributed by atoms with Gasteiger partial charge in [0.25, 0.3) is 5.91 Å². The average Bonchev–Trinajstić information content (AvgIpc) is 2.59. The summed E-state index contributed by atoms with van der Waals surface area (Å²) in [6, 6.07) is 5.69. The van der Waals surface area contributed by atoms with E-state index in [1.54, 1.807) is 15.9 Å². The number of piperazine rings is 1. The van der Waals surface area contributed by atoms with E-state index in [4.69, 9.17) is 4.74 Å². The zero-order chi connectivity index (χ0) is 18.4. The van der Waals surface area contributed by atoms with E-state index in [9.17, 15) is 18.4 Å². The van der Waals surface area contributed by atoms with Crippen LogP contribution in [0.4, 0.5) is 13.6 Å². The summed E-state index contributed by atoms with van der Waals surface area (Å²) in [5, 5.41) is 0. The van der Waals surface area contributed by atoms with Crippen LogP contribution in [0.3, 0.4) is 0 Å². The van der Waals surface area contributed by atoms with Crippen molar-refractivity contribution < 1.29 is 27.8 Å². The van der Waals surface area contributed by atoms with E-state index >= 15 is 0 Å². The summed E-state index contributed by atoms with van der Waals surface area (Å²) in [6.07, 6.45) is -0.381. The molecule has 0 aromatic heterocycles. The van der Waals surface area contributed by atoms with Crippen molar-refractivity contribution in [1.29, 1.82) is 0 Å². The molecule has 0 N–H and O–H groups in total. The molecule has 1 fully saturated rings. The van der Waals surface area contributed by atoms with E-state index in [-0.39, 0.29) is 29.2 Å². The van der Waals surface area contributed by atoms with Crippen LogP contribution in [0.5, 0.6) is 5.75 Å². The number of carbonyl (C=O) groups is 2. The summed E-state index contributed by atoms with van der Waals surface area (Å²) in [6.45, 7) is 2.78. The molecule has 0 bridgehead atoms. The molecule has 0 saturated carbocycles. The van der Waals surface area contributed by atoms with Crippen molar-refractivity contribution in [2.45, 2.75) is 20.5 Å². The van der Waals surface area contributed by atoms with Crippen molar-refractivity contribution in [3.8, 4) is 5.75 Å². The fraction of sp³-hybridized carbons (Fsp3) is 0.529. The SMILES string of the molecule is CC(C)COC(=O)N1CCN(C(=O)c2cccc(OC(F)F)c2)CC1. The van der Waals surface area contributed by atoms with Gasteiger partial charge >= 0.3 is 12.7 Å². The number of carbonyl (C=O) groups excluding carboxylic acids is 2. The number of rotatable bonds is 5. The van der Waals surface area contributed by atoms with Crippen LogP contribution in [0.1, 0.15) is 24.2 Å². The fourth-order valence-electron chi connectivity index (χ4n) is 2.41. The number of halogens is 2. The molecule has 0 unspecified atom stereocenters. The molecule has 1 aromatic carbocycles. The van der Waals surface area contributed by atoms with Crippen LogP contribution in [0.2, 0.25) is 0 Å². The highest BCUT2D eigenvalue weighted by molar-refractivity contribution is 5.94. The van der Waals surface area contributed by atoms with Crippen molar-refractivity contribution in [2.75, 3.05) is 32.8 Å². The predicted octanol–water partition coefficient (Wildman–Crippen LogP) is 2.84. The fourth-order valence-corrected chi connectivity index (χ4v) is 2.41. The number of hydrogen-bond acceptors (Lipinski definition) is 4. The molecule has 0 radical (unpaired) electrons. The molecule has 0 atom stereocenters. The highest BCUT2D eigenvalue weighted by Crippen LogP contribution is 2.18. The van der Waals surface area contributed by atoms with E-state index < -0.39 is 6.61 Å². The van der Waals surface area contributed by atoms with Crippen LogP contribution in [-0.4, -0.2) is 61.2 Å². The maximum Gasteiger partial charge on any atom is 0.409 e. The third-order valence-electron chi connectivity index (χ3n) is 3.67. The predicted molar refractivity (Wildman–Crippen MR) is 86.7 cm³/mol. The normalized spacial score (nSPS) is 14.8. The van der Waals surface area contributed by atoms with E-state index in [1.807, 2.05) is 13.8 Å². The molecule has 1 aliphatic heterocycles. The molecule has 2 amide bonds. The molecule has 0 aliphatic carbocycles. The van der Waals surface area contributed by atoms with Crippen LogP contribution in [0, 0.1) is 5.92 Å². The number of hydrogen-bond donors (Lipinski definition) is 0. The van der Waals surface area contributed by atoms with Gasteiger partial charge in [0.1, 0.15) is 5.75 Å². The Balaban J connectivity index is 1.90. The highest BCUT2D eigenvalue weighted by atomic mass is 19.3. The van der Waals surface area contributed by atoms with Crippen LogP contribution < -0.4 is 4.74 Å². The second kappa shape index (κ2) is 8.64. The monoisotopic (exact) mass is 356 g/mol. The van der Waals surface area contributed by atoms with Gasteiger partial charge in [0.2, 0.25) is 0 Å². The zero-order valence-corrected chi connectivity index (χ0v) is 14.3. The molecular weight excluding hydrogens is 334 g/mol.